The van der Waals surface area contributed by atoms with Crippen molar-refractivity contribution in [3.8, 4) is 16.9 Å². The zero-order valence-electron chi connectivity index (χ0n) is 17.8. The van der Waals surface area contributed by atoms with E-state index in [4.69, 9.17) is 4.74 Å². The number of hydrogen-bond acceptors (Lipinski definition) is 3. The van der Waals surface area contributed by atoms with Gasteiger partial charge in [-0.15, -0.1) is 0 Å². The predicted molar refractivity (Wildman–Crippen MR) is 123 cm³/mol. The quantitative estimate of drug-likeness (QED) is 0.486. The Morgan fingerprint density at radius 3 is 2.10 bits per heavy atom. The van der Waals surface area contributed by atoms with Gasteiger partial charge in [-0.25, -0.2) is 0 Å². The van der Waals surface area contributed by atoms with Crippen molar-refractivity contribution in [1.82, 2.24) is 10.6 Å². The molecule has 3 rings (SSSR count). The first-order valence-corrected chi connectivity index (χ1v) is 10.6. The maximum atomic E-state index is 12.3. The molecular formula is C26H28N2O3. The number of aryl methyl sites for hydroxylation is 1. The molecule has 0 bridgehead atoms. The highest BCUT2D eigenvalue weighted by Crippen LogP contribution is 2.19. The van der Waals surface area contributed by atoms with Gasteiger partial charge in [0.15, 0.2) is 6.61 Å². The summed E-state index contributed by atoms with van der Waals surface area (Å²) in [5.41, 5.74) is 4.01. The Kier molecular flexibility index (Phi) is 8.23. The summed E-state index contributed by atoms with van der Waals surface area (Å²) in [5.74, 6) is 0.277. The van der Waals surface area contributed by atoms with Gasteiger partial charge in [-0.1, -0.05) is 67.9 Å². The monoisotopic (exact) mass is 416 g/mol. The number of carbonyl (C=O) groups is 2. The Morgan fingerprint density at radius 2 is 1.42 bits per heavy atom. The van der Waals surface area contributed by atoms with Gasteiger partial charge in [-0.2, -0.15) is 0 Å². The van der Waals surface area contributed by atoms with Crippen LogP contribution in [0, 0.1) is 0 Å². The minimum absolute atomic E-state index is 0.0536. The van der Waals surface area contributed by atoms with Crippen molar-refractivity contribution in [3.05, 3.63) is 90.0 Å². The smallest absolute Gasteiger partial charge is 0.258 e. The van der Waals surface area contributed by atoms with Gasteiger partial charge < -0.3 is 15.4 Å². The van der Waals surface area contributed by atoms with Gasteiger partial charge in [-0.05, 0) is 47.4 Å². The molecular weight excluding hydrogens is 388 g/mol. The Hall–Kier alpha value is -3.60. The highest BCUT2D eigenvalue weighted by molar-refractivity contribution is 5.94. The normalized spacial score (nSPS) is 10.4. The second-order valence-corrected chi connectivity index (χ2v) is 7.23. The fraction of sp³-hybridized carbons (Fsp3) is 0.231. The molecule has 0 aliphatic carbocycles. The molecule has 31 heavy (non-hydrogen) atoms. The fourth-order valence-electron chi connectivity index (χ4n) is 3.17. The standard InChI is InChI=1S/C26H28N2O3/c1-2-6-20-9-15-24(16-10-20)31-19-25(29)27-17-18-28-26(30)23-13-11-22(12-14-23)21-7-4-3-5-8-21/h3-5,7-16H,2,6,17-19H2,1H3,(H,27,29)(H,28,30). The maximum absolute atomic E-state index is 12.3. The third kappa shape index (κ3) is 7.00. The third-order valence-corrected chi connectivity index (χ3v) is 4.82. The van der Waals surface area contributed by atoms with Crippen LogP contribution >= 0.6 is 0 Å². The minimum atomic E-state index is -0.223. The molecule has 0 unspecified atom stereocenters. The van der Waals surface area contributed by atoms with Gasteiger partial charge in [-0.3, -0.25) is 9.59 Å². The molecule has 0 heterocycles. The lowest BCUT2D eigenvalue weighted by molar-refractivity contribution is -0.123. The van der Waals surface area contributed by atoms with Crippen LogP contribution in [0.5, 0.6) is 5.75 Å². The number of hydrogen-bond donors (Lipinski definition) is 2. The lowest BCUT2D eigenvalue weighted by Crippen LogP contribution is -2.36. The van der Waals surface area contributed by atoms with Crippen molar-refractivity contribution in [1.29, 1.82) is 0 Å². The molecule has 5 heteroatoms. The first kappa shape index (κ1) is 22.1. The SMILES string of the molecule is CCCc1ccc(OCC(=O)NCCNC(=O)c2ccc(-c3ccccc3)cc2)cc1. The number of benzene rings is 3. The lowest BCUT2D eigenvalue weighted by atomic mass is 10.0. The summed E-state index contributed by atoms with van der Waals surface area (Å²) in [6.45, 7) is 2.77. The van der Waals surface area contributed by atoms with Crippen molar-refractivity contribution in [2.45, 2.75) is 19.8 Å². The maximum Gasteiger partial charge on any atom is 0.258 e. The fourth-order valence-corrected chi connectivity index (χ4v) is 3.17. The van der Waals surface area contributed by atoms with Crippen LogP contribution in [0.4, 0.5) is 0 Å². The number of ether oxygens (including phenoxy) is 1. The van der Waals surface area contributed by atoms with Crippen LogP contribution in [-0.2, 0) is 11.2 Å². The van der Waals surface area contributed by atoms with Gasteiger partial charge >= 0.3 is 0 Å². The van der Waals surface area contributed by atoms with Crippen molar-refractivity contribution in [2.75, 3.05) is 19.7 Å². The Labute approximate surface area is 183 Å². The summed E-state index contributed by atoms with van der Waals surface area (Å²) >= 11 is 0. The Balaban J connectivity index is 1.35. The van der Waals surface area contributed by atoms with E-state index in [1.165, 1.54) is 5.56 Å². The van der Waals surface area contributed by atoms with Crippen LogP contribution in [0.25, 0.3) is 11.1 Å². The Morgan fingerprint density at radius 1 is 0.774 bits per heavy atom. The molecule has 3 aromatic carbocycles. The van der Waals surface area contributed by atoms with Gasteiger partial charge in [0.25, 0.3) is 11.8 Å². The van der Waals surface area contributed by atoms with Crippen molar-refractivity contribution < 1.29 is 14.3 Å². The molecule has 0 atom stereocenters. The molecule has 3 aromatic rings. The molecule has 2 amide bonds. The summed E-state index contributed by atoms with van der Waals surface area (Å²) in [5, 5.41) is 5.55. The van der Waals surface area contributed by atoms with Crippen LogP contribution in [0.3, 0.4) is 0 Å². The molecule has 160 valence electrons. The van der Waals surface area contributed by atoms with Gasteiger partial charge in [0, 0.05) is 18.7 Å². The highest BCUT2D eigenvalue weighted by atomic mass is 16.5. The summed E-state index contributed by atoms with van der Waals surface area (Å²) in [7, 11) is 0. The minimum Gasteiger partial charge on any atom is -0.484 e. The van der Waals surface area contributed by atoms with Gasteiger partial charge in [0.2, 0.25) is 0 Å². The van der Waals surface area contributed by atoms with Gasteiger partial charge in [0.1, 0.15) is 5.75 Å². The average molecular weight is 417 g/mol. The molecule has 0 spiro atoms. The van der Waals surface area contributed by atoms with Crippen LogP contribution in [0.1, 0.15) is 29.3 Å². The predicted octanol–water partition coefficient (Wildman–Crippen LogP) is 4.23. The van der Waals surface area contributed by atoms with E-state index in [1.807, 2.05) is 66.7 Å². The van der Waals surface area contributed by atoms with Crippen molar-refractivity contribution in [2.24, 2.45) is 0 Å². The molecule has 0 aliphatic heterocycles. The van der Waals surface area contributed by atoms with Gasteiger partial charge in [0.05, 0.1) is 0 Å². The van der Waals surface area contributed by atoms with E-state index in [0.717, 1.165) is 24.0 Å². The van der Waals surface area contributed by atoms with E-state index in [2.05, 4.69) is 17.6 Å². The van der Waals surface area contributed by atoms with Crippen LogP contribution in [-0.4, -0.2) is 31.5 Å². The van der Waals surface area contributed by atoms with Crippen molar-refractivity contribution in [3.63, 3.8) is 0 Å². The summed E-state index contributed by atoms with van der Waals surface area (Å²) in [6, 6.07) is 25.2. The molecule has 0 saturated carbocycles. The van der Waals surface area contributed by atoms with Crippen LogP contribution in [0.2, 0.25) is 0 Å². The van der Waals surface area contributed by atoms with E-state index in [0.29, 0.717) is 24.4 Å². The average Bonchev–Trinajstić information content (AvgIpc) is 2.82. The summed E-state index contributed by atoms with van der Waals surface area (Å²) in [6.07, 6.45) is 2.13. The van der Waals surface area contributed by atoms with E-state index >= 15 is 0 Å². The zero-order chi connectivity index (χ0) is 21.9. The van der Waals surface area contributed by atoms with Crippen LogP contribution in [0.15, 0.2) is 78.9 Å². The van der Waals surface area contributed by atoms with Crippen LogP contribution < -0.4 is 15.4 Å². The second kappa shape index (κ2) is 11.6. The molecule has 0 aliphatic rings. The number of nitrogens with one attached hydrogen (secondary N) is 2. The molecule has 0 aromatic heterocycles. The molecule has 0 saturated heterocycles. The van der Waals surface area contributed by atoms with Crippen molar-refractivity contribution >= 4 is 11.8 Å². The van der Waals surface area contributed by atoms with E-state index in [1.54, 1.807) is 12.1 Å². The van der Waals surface area contributed by atoms with E-state index in [-0.39, 0.29) is 18.4 Å². The zero-order valence-corrected chi connectivity index (χ0v) is 17.8. The third-order valence-electron chi connectivity index (χ3n) is 4.82. The molecule has 0 fully saturated rings. The summed E-state index contributed by atoms with van der Waals surface area (Å²) in [4.78, 5) is 24.2. The van der Waals surface area contributed by atoms with E-state index < -0.39 is 0 Å². The molecule has 0 radical (unpaired) electrons. The topological polar surface area (TPSA) is 67.4 Å². The molecule has 2 N–H and O–H groups in total. The lowest BCUT2D eigenvalue weighted by Gasteiger charge is -2.09. The largest absolute Gasteiger partial charge is 0.484 e. The second-order valence-electron chi connectivity index (χ2n) is 7.23. The van der Waals surface area contributed by atoms with E-state index in [9.17, 15) is 9.59 Å². The number of rotatable bonds is 10. The number of amides is 2. The molecule has 5 nitrogen and oxygen atoms in total. The first-order chi connectivity index (χ1) is 15.2. The summed E-state index contributed by atoms with van der Waals surface area (Å²) < 4.78 is 5.50. The highest BCUT2D eigenvalue weighted by Gasteiger charge is 2.07. The Bertz CT molecular complexity index is 968. The number of carbonyl (C=O) groups excluding carboxylic acids is 2. The first-order valence-electron chi connectivity index (χ1n) is 10.6.